The second kappa shape index (κ2) is 6.45. The van der Waals surface area contributed by atoms with E-state index >= 15 is 0 Å². The Morgan fingerprint density at radius 1 is 1.47 bits per heavy atom. The van der Waals surface area contributed by atoms with E-state index in [0.717, 1.165) is 11.5 Å². The number of carbonyl (C=O) groups excluding carboxylic acids is 1. The third kappa shape index (κ3) is 4.61. The Morgan fingerprint density at radius 2 is 2.18 bits per heavy atom. The summed E-state index contributed by atoms with van der Waals surface area (Å²) >= 11 is 0. The molecule has 0 saturated carbocycles. The Hall–Kier alpha value is -1.29. The first-order valence-electron chi connectivity index (χ1n) is 5.98. The van der Waals surface area contributed by atoms with Crippen LogP contribution in [0.1, 0.15) is 31.8 Å². The first-order valence-corrected chi connectivity index (χ1v) is 5.98. The predicted octanol–water partition coefficient (Wildman–Crippen LogP) is 1.65. The molecule has 1 aromatic rings. The Bertz CT molecular complexity index is 359. The summed E-state index contributed by atoms with van der Waals surface area (Å²) < 4.78 is 5.39. The number of rotatable bonds is 6. The van der Waals surface area contributed by atoms with Gasteiger partial charge in [0.25, 0.3) is 0 Å². The average molecular weight is 239 g/mol. The Labute approximate surface area is 102 Å². The van der Waals surface area contributed by atoms with Crippen molar-refractivity contribution in [2.24, 2.45) is 5.92 Å². The lowest BCUT2D eigenvalue weighted by atomic mass is 10.0. The molecular weight excluding hydrogens is 218 g/mol. The first kappa shape index (κ1) is 13.8. The predicted molar refractivity (Wildman–Crippen MR) is 65.6 cm³/mol. The molecule has 2 unspecified atom stereocenters. The van der Waals surface area contributed by atoms with Gasteiger partial charge in [-0.25, -0.2) is 0 Å². The zero-order valence-electron chi connectivity index (χ0n) is 10.7. The molecule has 4 nitrogen and oxygen atoms in total. The second-order valence-electron chi connectivity index (χ2n) is 4.53. The summed E-state index contributed by atoms with van der Waals surface area (Å²) in [6, 6.07) is 3.78. The number of aliphatic hydroxyl groups excluding tert-OH is 1. The molecule has 0 aliphatic carbocycles. The van der Waals surface area contributed by atoms with Crippen molar-refractivity contribution in [3.63, 3.8) is 0 Å². The van der Waals surface area contributed by atoms with Crippen molar-refractivity contribution in [3.8, 4) is 0 Å². The van der Waals surface area contributed by atoms with Gasteiger partial charge in [0.05, 0.1) is 0 Å². The van der Waals surface area contributed by atoms with Gasteiger partial charge in [-0.3, -0.25) is 4.79 Å². The molecule has 0 saturated heterocycles. The Morgan fingerprint density at radius 3 is 2.71 bits per heavy atom. The van der Waals surface area contributed by atoms with E-state index in [4.69, 9.17) is 9.52 Å². The topological polar surface area (TPSA) is 62.5 Å². The molecule has 17 heavy (non-hydrogen) atoms. The number of furan rings is 1. The summed E-state index contributed by atoms with van der Waals surface area (Å²) in [4.78, 5) is 11.6. The third-order valence-corrected chi connectivity index (χ3v) is 2.92. The van der Waals surface area contributed by atoms with E-state index in [1.54, 1.807) is 0 Å². The summed E-state index contributed by atoms with van der Waals surface area (Å²) in [7, 11) is 0. The van der Waals surface area contributed by atoms with E-state index < -0.39 is 0 Å². The standard InChI is InChI=1S/C13H21NO3/c1-9(8-15)11(3)14-13(16)7-6-12-5-4-10(2)17-12/h4-5,9,11,15H,6-8H2,1-3H3,(H,14,16). The van der Waals surface area contributed by atoms with Crippen LogP contribution in [0.2, 0.25) is 0 Å². The van der Waals surface area contributed by atoms with Gasteiger partial charge < -0.3 is 14.8 Å². The molecule has 4 heteroatoms. The number of amides is 1. The highest BCUT2D eigenvalue weighted by Crippen LogP contribution is 2.09. The molecule has 1 heterocycles. The molecule has 0 radical (unpaired) electrons. The summed E-state index contributed by atoms with van der Waals surface area (Å²) in [5, 5.41) is 11.8. The van der Waals surface area contributed by atoms with Crippen molar-refractivity contribution in [1.29, 1.82) is 0 Å². The normalized spacial score (nSPS) is 14.4. The Balaban J connectivity index is 2.30. The molecule has 1 rings (SSSR count). The van der Waals surface area contributed by atoms with Gasteiger partial charge in [0.2, 0.25) is 5.91 Å². The lowest BCUT2D eigenvalue weighted by molar-refractivity contribution is -0.122. The van der Waals surface area contributed by atoms with Gasteiger partial charge >= 0.3 is 0 Å². The number of nitrogens with one attached hydrogen (secondary N) is 1. The first-order chi connectivity index (χ1) is 8.02. The minimum Gasteiger partial charge on any atom is -0.466 e. The SMILES string of the molecule is Cc1ccc(CCC(=O)NC(C)C(C)CO)o1. The van der Waals surface area contributed by atoms with E-state index in [1.807, 2.05) is 32.9 Å². The second-order valence-corrected chi connectivity index (χ2v) is 4.53. The van der Waals surface area contributed by atoms with E-state index in [0.29, 0.717) is 12.8 Å². The van der Waals surface area contributed by atoms with Gasteiger partial charge in [-0.2, -0.15) is 0 Å². The highest BCUT2D eigenvalue weighted by Gasteiger charge is 2.14. The van der Waals surface area contributed by atoms with Crippen LogP contribution in [-0.2, 0) is 11.2 Å². The van der Waals surface area contributed by atoms with Gasteiger partial charge in [0.1, 0.15) is 11.5 Å². The van der Waals surface area contributed by atoms with Crippen molar-refractivity contribution in [2.45, 2.75) is 39.7 Å². The number of carbonyl (C=O) groups is 1. The largest absolute Gasteiger partial charge is 0.466 e. The third-order valence-electron chi connectivity index (χ3n) is 2.92. The molecule has 0 aliphatic rings. The fraction of sp³-hybridized carbons (Fsp3) is 0.615. The van der Waals surface area contributed by atoms with Crippen LogP contribution in [0.5, 0.6) is 0 Å². The zero-order chi connectivity index (χ0) is 12.8. The number of aryl methyl sites for hydroxylation is 2. The van der Waals surface area contributed by atoms with Crippen LogP contribution >= 0.6 is 0 Å². The lowest BCUT2D eigenvalue weighted by Gasteiger charge is -2.18. The molecular formula is C13H21NO3. The van der Waals surface area contributed by atoms with Crippen LogP contribution in [0.4, 0.5) is 0 Å². The van der Waals surface area contributed by atoms with Gasteiger partial charge in [0.15, 0.2) is 0 Å². The average Bonchev–Trinajstić information content (AvgIpc) is 2.71. The van der Waals surface area contributed by atoms with Gasteiger partial charge in [-0.1, -0.05) is 6.92 Å². The fourth-order valence-corrected chi connectivity index (χ4v) is 1.48. The molecule has 0 bridgehead atoms. The van der Waals surface area contributed by atoms with Crippen molar-refractivity contribution in [2.75, 3.05) is 6.61 Å². The van der Waals surface area contributed by atoms with Crippen molar-refractivity contribution in [3.05, 3.63) is 23.7 Å². The maximum atomic E-state index is 11.6. The molecule has 0 aromatic carbocycles. The van der Waals surface area contributed by atoms with Crippen molar-refractivity contribution < 1.29 is 14.3 Å². The number of hydrogen-bond acceptors (Lipinski definition) is 3. The van der Waals surface area contributed by atoms with E-state index in [2.05, 4.69) is 5.32 Å². The molecule has 0 spiro atoms. The molecule has 2 N–H and O–H groups in total. The van der Waals surface area contributed by atoms with Gasteiger partial charge in [-0.05, 0) is 31.9 Å². The summed E-state index contributed by atoms with van der Waals surface area (Å²) in [6.45, 7) is 5.77. The van der Waals surface area contributed by atoms with E-state index in [1.165, 1.54) is 0 Å². The van der Waals surface area contributed by atoms with E-state index in [-0.39, 0.29) is 24.5 Å². The van der Waals surface area contributed by atoms with E-state index in [9.17, 15) is 4.79 Å². The van der Waals surface area contributed by atoms with Crippen molar-refractivity contribution in [1.82, 2.24) is 5.32 Å². The van der Waals surface area contributed by atoms with Crippen LogP contribution in [0, 0.1) is 12.8 Å². The monoisotopic (exact) mass is 239 g/mol. The van der Waals surface area contributed by atoms with Gasteiger partial charge in [-0.15, -0.1) is 0 Å². The van der Waals surface area contributed by atoms with Crippen LogP contribution in [-0.4, -0.2) is 23.7 Å². The fourth-order valence-electron chi connectivity index (χ4n) is 1.48. The van der Waals surface area contributed by atoms with Crippen LogP contribution in [0.25, 0.3) is 0 Å². The highest BCUT2D eigenvalue weighted by molar-refractivity contribution is 5.76. The molecule has 96 valence electrons. The molecule has 1 aromatic heterocycles. The zero-order valence-corrected chi connectivity index (χ0v) is 10.7. The summed E-state index contributed by atoms with van der Waals surface area (Å²) in [6.07, 6.45) is 1.02. The molecule has 0 fully saturated rings. The Kier molecular flexibility index (Phi) is 5.22. The minimum absolute atomic E-state index is 0.00754. The quantitative estimate of drug-likeness (QED) is 0.793. The van der Waals surface area contributed by atoms with Crippen LogP contribution in [0.15, 0.2) is 16.5 Å². The maximum Gasteiger partial charge on any atom is 0.220 e. The lowest BCUT2D eigenvalue weighted by Crippen LogP contribution is -2.38. The smallest absolute Gasteiger partial charge is 0.220 e. The molecule has 1 amide bonds. The highest BCUT2D eigenvalue weighted by atomic mass is 16.3. The minimum atomic E-state index is -0.00848. The number of hydrogen-bond donors (Lipinski definition) is 2. The molecule has 2 atom stereocenters. The summed E-state index contributed by atoms with van der Waals surface area (Å²) in [5.41, 5.74) is 0. The number of aliphatic hydroxyl groups is 1. The van der Waals surface area contributed by atoms with Crippen LogP contribution in [0.3, 0.4) is 0 Å². The van der Waals surface area contributed by atoms with Crippen LogP contribution < -0.4 is 5.32 Å². The molecule has 0 aliphatic heterocycles. The maximum absolute atomic E-state index is 11.6. The van der Waals surface area contributed by atoms with Crippen molar-refractivity contribution >= 4 is 5.91 Å². The summed E-state index contributed by atoms with van der Waals surface area (Å²) in [5.74, 6) is 1.76. The van der Waals surface area contributed by atoms with Gasteiger partial charge in [0, 0.05) is 25.5 Å².